The van der Waals surface area contributed by atoms with Gasteiger partial charge in [0.05, 0.1) is 0 Å². The van der Waals surface area contributed by atoms with Crippen molar-refractivity contribution in [3.8, 4) is 17.2 Å². The standard InChI is InChI=1S/3C18H11F4N2O.In/c3*1-2-9-25-18-16(21)14(19)13(15(20)17(18)22)12(10-5-3-7-23-10)11-6-4-8-24-11;/h3*2-8H,1,9H2;/q3*-1;+3. The summed E-state index contributed by atoms with van der Waals surface area (Å²) in [5.41, 5.74) is -7.32. The van der Waals surface area contributed by atoms with Crippen LogP contribution in [0.3, 0.4) is 0 Å². The van der Waals surface area contributed by atoms with Crippen LogP contribution in [-0.2, 0) is 0 Å². The molecule has 0 saturated heterocycles. The molecule has 76 heavy (non-hydrogen) atoms. The zero-order valence-electron chi connectivity index (χ0n) is 38.9. The molecule has 0 atom stereocenters. The molecule has 0 saturated carbocycles. The Balaban J connectivity index is 1.39. The second-order valence-corrected chi connectivity index (χ2v) is 22.9. The van der Waals surface area contributed by atoms with Crippen LogP contribution in [0.25, 0.3) is 16.7 Å². The maximum atomic E-state index is 16.7. The number of aliphatic imine (C=N–C) groups is 3. The van der Waals surface area contributed by atoms with Crippen LogP contribution in [0.2, 0.25) is 0 Å². The van der Waals surface area contributed by atoms with Gasteiger partial charge in [-0.25, -0.2) is 0 Å². The number of rotatable bonds is 18. The molecule has 384 valence electrons. The van der Waals surface area contributed by atoms with Crippen molar-refractivity contribution in [3.63, 3.8) is 0 Å². The summed E-state index contributed by atoms with van der Waals surface area (Å²) in [4.78, 5) is 12.7. The number of nitrogens with zero attached hydrogens (tertiary/aromatic N) is 6. The van der Waals surface area contributed by atoms with Crippen LogP contribution in [0.5, 0.6) is 17.2 Å². The average Bonchev–Trinajstić information content (AvgIpc) is 4.36. The molecular formula is C54H33F12InN6O3. The van der Waals surface area contributed by atoms with Crippen molar-refractivity contribution in [3.05, 3.63) is 250 Å². The number of allylic oxidation sites excluding steroid dienone is 6. The van der Waals surface area contributed by atoms with Gasteiger partial charge in [0.15, 0.2) is 0 Å². The Morgan fingerprint density at radius 1 is 0.408 bits per heavy atom. The molecule has 0 amide bonds. The van der Waals surface area contributed by atoms with Gasteiger partial charge in [0.2, 0.25) is 0 Å². The van der Waals surface area contributed by atoms with E-state index < -0.39 is 163 Å². The summed E-state index contributed by atoms with van der Waals surface area (Å²) in [5, 5.41) is 0. The first-order valence-electron chi connectivity index (χ1n) is 22.3. The molecule has 6 heterocycles. The van der Waals surface area contributed by atoms with Gasteiger partial charge >= 0.3 is 434 Å². The molecule has 0 fully saturated rings. The number of benzene rings is 3. The van der Waals surface area contributed by atoms with Crippen LogP contribution in [0.1, 0.15) is 33.8 Å². The quantitative estimate of drug-likeness (QED) is 0.0489. The van der Waals surface area contributed by atoms with Gasteiger partial charge in [0.25, 0.3) is 0 Å². The van der Waals surface area contributed by atoms with Gasteiger partial charge in [-0.15, -0.1) is 0 Å². The summed E-state index contributed by atoms with van der Waals surface area (Å²) in [5.74, 6) is -27.6. The Bertz CT molecular complexity index is 3210. The van der Waals surface area contributed by atoms with Crippen LogP contribution in [0.15, 0.2) is 161 Å². The number of halogens is 12. The molecule has 3 aromatic carbocycles. The molecule has 9 nitrogen and oxygen atoms in total. The zero-order valence-corrected chi connectivity index (χ0v) is 42.2. The number of aromatic nitrogens is 3. The van der Waals surface area contributed by atoms with Crippen molar-refractivity contribution in [1.82, 2.24) is 7.66 Å². The second-order valence-electron chi connectivity index (χ2n) is 16.1. The van der Waals surface area contributed by atoms with Crippen molar-refractivity contribution < 1.29 is 66.9 Å². The predicted molar refractivity (Wildman–Crippen MR) is 262 cm³/mol. The molecule has 0 spiro atoms. The van der Waals surface area contributed by atoms with Gasteiger partial charge in [0.1, 0.15) is 0 Å². The topological polar surface area (TPSA) is 79.6 Å². The summed E-state index contributed by atoms with van der Waals surface area (Å²) < 4.78 is 215. The Labute approximate surface area is 432 Å². The molecular weight excluding hydrogens is 1120 g/mol. The van der Waals surface area contributed by atoms with E-state index in [-0.39, 0.29) is 34.2 Å². The van der Waals surface area contributed by atoms with Crippen molar-refractivity contribution in [2.75, 3.05) is 19.8 Å². The average molecular weight is 1160 g/mol. The Kier molecular flexibility index (Phi) is 15.1. The monoisotopic (exact) mass is 1160 g/mol. The predicted octanol–water partition coefficient (Wildman–Crippen LogP) is 12.6. The maximum absolute atomic E-state index is 16.7. The van der Waals surface area contributed by atoms with E-state index in [2.05, 4.69) is 34.7 Å². The van der Waals surface area contributed by atoms with Gasteiger partial charge in [-0.3, -0.25) is 0 Å². The van der Waals surface area contributed by atoms with E-state index in [1.54, 1.807) is 0 Å². The molecule has 3 aliphatic rings. The molecule has 0 aliphatic carbocycles. The van der Waals surface area contributed by atoms with Crippen LogP contribution in [-0.4, -0.2) is 68.4 Å². The van der Waals surface area contributed by atoms with Crippen LogP contribution >= 0.6 is 0 Å². The molecule has 3 aromatic heterocycles. The van der Waals surface area contributed by atoms with E-state index in [0.29, 0.717) is 0 Å². The van der Waals surface area contributed by atoms with Crippen LogP contribution in [0.4, 0.5) is 52.7 Å². The van der Waals surface area contributed by atoms with Crippen molar-refractivity contribution in [2.24, 2.45) is 15.0 Å². The summed E-state index contributed by atoms with van der Waals surface area (Å²) in [6.07, 6.45) is 18.6. The molecule has 22 heteroatoms. The number of hydrogen-bond donors (Lipinski definition) is 0. The fourth-order valence-corrected chi connectivity index (χ4v) is 17.1. The van der Waals surface area contributed by atoms with Crippen LogP contribution in [0, 0.1) is 69.8 Å². The van der Waals surface area contributed by atoms with Crippen molar-refractivity contribution in [1.29, 1.82) is 0 Å². The van der Waals surface area contributed by atoms with Gasteiger partial charge < -0.3 is 0 Å². The molecule has 0 unspecified atom stereocenters. The van der Waals surface area contributed by atoms with Gasteiger partial charge in [0, 0.05) is 0 Å². The third-order valence-electron chi connectivity index (χ3n) is 11.7. The normalized spacial score (nSPS) is 15.3. The van der Waals surface area contributed by atoms with Gasteiger partial charge in [-0.2, -0.15) is 0 Å². The number of ether oxygens (including phenoxy) is 3. The molecule has 0 N–H and O–H groups in total. The van der Waals surface area contributed by atoms with E-state index in [9.17, 15) is 0 Å². The molecule has 9 rings (SSSR count). The van der Waals surface area contributed by atoms with Gasteiger partial charge in [-0.05, 0) is 0 Å². The Morgan fingerprint density at radius 3 is 0.868 bits per heavy atom. The van der Waals surface area contributed by atoms with Crippen molar-refractivity contribution in [2.45, 2.75) is 0 Å². The first-order chi connectivity index (χ1) is 36.7. The zero-order chi connectivity index (χ0) is 54.1. The molecule has 6 aromatic rings. The minimum absolute atomic E-state index is 0.271. The third kappa shape index (κ3) is 8.98. The fourth-order valence-electron chi connectivity index (χ4n) is 8.63. The summed E-state index contributed by atoms with van der Waals surface area (Å²) in [6.45, 7) is 8.44. The minimum atomic E-state index is -5.36. The van der Waals surface area contributed by atoms with Gasteiger partial charge in [-0.1, -0.05) is 0 Å². The first-order valence-corrected chi connectivity index (χ1v) is 26.8. The summed E-state index contributed by atoms with van der Waals surface area (Å²) in [7, 11) is 0. The Hall–Kier alpha value is -8.40. The van der Waals surface area contributed by atoms with Crippen molar-refractivity contribution >= 4 is 57.7 Å². The number of hydrogen-bond acceptors (Lipinski definition) is 6. The third-order valence-corrected chi connectivity index (χ3v) is 19.9. The molecule has 0 radical (unpaired) electrons. The molecule has 3 aliphatic heterocycles. The summed E-state index contributed by atoms with van der Waals surface area (Å²) >= 11 is -5.36. The Morgan fingerprint density at radius 2 is 0.658 bits per heavy atom. The van der Waals surface area contributed by atoms with E-state index >= 15 is 52.7 Å². The second kappa shape index (κ2) is 21.8. The van der Waals surface area contributed by atoms with E-state index in [4.69, 9.17) is 14.2 Å². The SMILES string of the molecule is C=CCOc1c(F)c(F)c(C(=C2C=CC=N2)c2ccc[n]2[In]([n]2cccc2C(=C2C=CC=N2)c2c(F)c(F)c(OCC=C)c(F)c2F)[n]2cccc2C(=C2C=CC=N2)c2c(F)c(F)c(OCC=C)c(F)c2F)c(F)c1F. The van der Waals surface area contributed by atoms with Crippen LogP contribution < -0.4 is 14.2 Å². The van der Waals surface area contributed by atoms with E-state index in [1.807, 2.05) is 0 Å². The fraction of sp³-hybridized carbons (Fsp3) is 0.0556. The summed E-state index contributed by atoms with van der Waals surface area (Å²) in [6, 6.07) is 7.81. The van der Waals surface area contributed by atoms with E-state index in [0.717, 1.165) is 18.2 Å². The first kappa shape index (κ1) is 52.5. The van der Waals surface area contributed by atoms with E-state index in [1.165, 1.54) is 118 Å². The molecule has 0 bridgehead atoms.